The zero-order valence-electron chi connectivity index (χ0n) is 12.2. The minimum atomic E-state index is -0.292. The molecule has 0 aliphatic rings. The number of rotatable bonds is 4. The van der Waals surface area contributed by atoms with Crippen LogP contribution in [0.4, 0.5) is 10.5 Å². The van der Waals surface area contributed by atoms with E-state index < -0.39 is 0 Å². The lowest BCUT2D eigenvalue weighted by Gasteiger charge is -2.11. The number of carbonyl (C=O) groups excluding carboxylic acids is 1. The van der Waals surface area contributed by atoms with Crippen molar-refractivity contribution < 1.29 is 9.53 Å². The fourth-order valence-corrected chi connectivity index (χ4v) is 2.33. The largest absolute Gasteiger partial charge is 0.383 e. The molecule has 6 nitrogen and oxygen atoms in total. The molecule has 2 heterocycles. The smallest absolute Gasteiger partial charge is 0.319 e. The van der Waals surface area contributed by atoms with Crippen molar-refractivity contribution in [3.05, 3.63) is 42.7 Å². The van der Waals surface area contributed by atoms with E-state index >= 15 is 0 Å². The number of carbonyl (C=O) groups is 1. The van der Waals surface area contributed by atoms with Gasteiger partial charge in [0.15, 0.2) is 0 Å². The van der Waals surface area contributed by atoms with Gasteiger partial charge in [-0.1, -0.05) is 12.1 Å². The third-order valence-electron chi connectivity index (χ3n) is 3.31. The quantitative estimate of drug-likeness (QED) is 0.573. The maximum absolute atomic E-state index is 11.9. The number of methoxy groups -OCH3 is 1. The molecule has 0 aliphatic carbocycles. The number of nitrogens with one attached hydrogen (secondary N) is 2. The maximum Gasteiger partial charge on any atom is 0.319 e. The van der Waals surface area contributed by atoms with Gasteiger partial charge in [0.25, 0.3) is 0 Å². The number of urea groups is 1. The van der Waals surface area contributed by atoms with E-state index in [1.165, 1.54) is 0 Å². The monoisotopic (exact) mass is 296 g/mol. The Morgan fingerprint density at radius 2 is 1.95 bits per heavy atom. The maximum atomic E-state index is 11.9. The van der Waals surface area contributed by atoms with Crippen molar-refractivity contribution in [1.82, 2.24) is 15.3 Å². The van der Waals surface area contributed by atoms with Gasteiger partial charge in [0.05, 0.1) is 23.3 Å². The molecular weight excluding hydrogens is 280 g/mol. The molecule has 2 amide bonds. The van der Waals surface area contributed by atoms with Gasteiger partial charge in [0.1, 0.15) is 0 Å². The summed E-state index contributed by atoms with van der Waals surface area (Å²) in [5, 5.41) is 7.52. The highest BCUT2D eigenvalue weighted by atomic mass is 16.5. The summed E-state index contributed by atoms with van der Waals surface area (Å²) in [6.07, 6.45) is 3.44. The molecule has 6 heteroatoms. The van der Waals surface area contributed by atoms with Crippen LogP contribution >= 0.6 is 0 Å². The van der Waals surface area contributed by atoms with Crippen LogP contribution in [0.2, 0.25) is 0 Å². The van der Waals surface area contributed by atoms with Gasteiger partial charge in [-0.25, -0.2) is 4.79 Å². The van der Waals surface area contributed by atoms with Gasteiger partial charge in [-0.2, -0.15) is 0 Å². The Labute approximate surface area is 127 Å². The van der Waals surface area contributed by atoms with E-state index in [4.69, 9.17) is 4.74 Å². The Hall–Kier alpha value is -2.73. The average Bonchev–Trinajstić information content (AvgIpc) is 2.55. The van der Waals surface area contributed by atoms with Crippen molar-refractivity contribution in [2.75, 3.05) is 25.6 Å². The minimum Gasteiger partial charge on any atom is -0.383 e. The van der Waals surface area contributed by atoms with Crippen LogP contribution in [0.25, 0.3) is 21.8 Å². The van der Waals surface area contributed by atoms with Crippen LogP contribution in [0.3, 0.4) is 0 Å². The average molecular weight is 296 g/mol. The molecule has 22 heavy (non-hydrogen) atoms. The van der Waals surface area contributed by atoms with Crippen molar-refractivity contribution in [2.45, 2.75) is 0 Å². The SMILES string of the molecule is COCCNC(=O)Nc1cc2ncccc2c2cccnc12. The predicted octanol–water partition coefficient (Wildman–Crippen LogP) is 2.55. The summed E-state index contributed by atoms with van der Waals surface area (Å²) in [5.74, 6) is 0. The number of hydrogen-bond acceptors (Lipinski definition) is 4. The first-order chi connectivity index (χ1) is 10.8. The Morgan fingerprint density at radius 1 is 1.18 bits per heavy atom. The normalized spacial score (nSPS) is 10.8. The molecule has 0 radical (unpaired) electrons. The molecular formula is C16H16N4O2. The number of benzene rings is 1. The van der Waals surface area contributed by atoms with Gasteiger partial charge in [0.2, 0.25) is 0 Å². The number of hydrogen-bond donors (Lipinski definition) is 2. The lowest BCUT2D eigenvalue weighted by atomic mass is 10.1. The van der Waals surface area contributed by atoms with Gasteiger partial charge < -0.3 is 15.4 Å². The standard InChI is InChI=1S/C16H16N4O2/c1-22-9-8-19-16(21)20-14-10-13-11(4-2-6-17-13)12-5-3-7-18-15(12)14/h2-7,10H,8-9H2,1H3,(H2,19,20,21). The Morgan fingerprint density at radius 3 is 2.77 bits per heavy atom. The number of aromatic nitrogens is 2. The summed E-state index contributed by atoms with van der Waals surface area (Å²) in [5.41, 5.74) is 2.19. The number of anilines is 1. The highest BCUT2D eigenvalue weighted by Crippen LogP contribution is 2.29. The highest BCUT2D eigenvalue weighted by molar-refractivity contribution is 6.12. The summed E-state index contributed by atoms with van der Waals surface area (Å²) >= 11 is 0. The molecule has 0 saturated carbocycles. The molecule has 2 aromatic heterocycles. The van der Waals surface area contributed by atoms with Crippen LogP contribution in [0.1, 0.15) is 0 Å². The molecule has 0 fully saturated rings. The Kier molecular flexibility index (Phi) is 4.11. The molecule has 0 bridgehead atoms. The summed E-state index contributed by atoms with van der Waals surface area (Å²) in [7, 11) is 1.59. The van der Waals surface area contributed by atoms with Crippen molar-refractivity contribution >= 4 is 33.5 Å². The van der Waals surface area contributed by atoms with Gasteiger partial charge in [0, 0.05) is 36.8 Å². The number of nitrogens with zero attached hydrogens (tertiary/aromatic N) is 2. The second-order valence-electron chi connectivity index (χ2n) is 4.77. The van der Waals surface area contributed by atoms with E-state index in [0.717, 1.165) is 21.8 Å². The first-order valence-electron chi connectivity index (χ1n) is 6.96. The Balaban J connectivity index is 1.99. The summed E-state index contributed by atoms with van der Waals surface area (Å²) in [6.45, 7) is 0.908. The molecule has 112 valence electrons. The summed E-state index contributed by atoms with van der Waals surface area (Å²) < 4.78 is 4.91. The molecule has 2 N–H and O–H groups in total. The first-order valence-corrected chi connectivity index (χ1v) is 6.96. The summed E-state index contributed by atoms with van der Waals surface area (Å²) in [6, 6.07) is 9.27. The van der Waals surface area contributed by atoms with Crippen LogP contribution < -0.4 is 10.6 Å². The molecule has 0 spiro atoms. The van der Waals surface area contributed by atoms with Crippen molar-refractivity contribution in [2.24, 2.45) is 0 Å². The number of ether oxygens (including phenoxy) is 1. The molecule has 0 unspecified atom stereocenters. The van der Waals surface area contributed by atoms with E-state index in [1.54, 1.807) is 19.5 Å². The molecule has 0 saturated heterocycles. The zero-order valence-corrected chi connectivity index (χ0v) is 12.2. The number of fused-ring (bicyclic) bond motifs is 3. The molecule has 0 aliphatic heterocycles. The molecule has 3 aromatic rings. The third-order valence-corrected chi connectivity index (χ3v) is 3.31. The second-order valence-corrected chi connectivity index (χ2v) is 4.77. The minimum absolute atomic E-state index is 0.292. The lowest BCUT2D eigenvalue weighted by molar-refractivity contribution is 0.198. The molecule has 3 rings (SSSR count). The van der Waals surface area contributed by atoms with Gasteiger partial charge >= 0.3 is 6.03 Å². The van der Waals surface area contributed by atoms with Gasteiger partial charge in [-0.15, -0.1) is 0 Å². The Bertz CT molecular complexity index is 819. The fourth-order valence-electron chi connectivity index (χ4n) is 2.33. The van der Waals surface area contributed by atoms with Crippen molar-refractivity contribution in [1.29, 1.82) is 0 Å². The topological polar surface area (TPSA) is 76.1 Å². The zero-order chi connectivity index (χ0) is 15.4. The molecule has 0 atom stereocenters. The van der Waals surface area contributed by atoms with Crippen molar-refractivity contribution in [3.63, 3.8) is 0 Å². The van der Waals surface area contributed by atoms with Crippen LogP contribution in [-0.2, 0) is 4.74 Å². The van der Waals surface area contributed by atoms with E-state index in [1.807, 2.05) is 30.3 Å². The second kappa shape index (κ2) is 6.36. The summed E-state index contributed by atoms with van der Waals surface area (Å²) in [4.78, 5) is 20.7. The van der Waals surface area contributed by atoms with Crippen molar-refractivity contribution in [3.8, 4) is 0 Å². The van der Waals surface area contributed by atoms with E-state index in [9.17, 15) is 4.79 Å². The highest BCUT2D eigenvalue weighted by Gasteiger charge is 2.10. The van der Waals surface area contributed by atoms with E-state index in [0.29, 0.717) is 18.8 Å². The van der Waals surface area contributed by atoms with Crippen LogP contribution in [0.15, 0.2) is 42.7 Å². The van der Waals surface area contributed by atoms with E-state index in [-0.39, 0.29) is 6.03 Å². The van der Waals surface area contributed by atoms with Crippen LogP contribution in [0.5, 0.6) is 0 Å². The number of pyridine rings is 2. The molecule has 1 aromatic carbocycles. The fraction of sp³-hybridized carbons (Fsp3) is 0.188. The number of amides is 2. The van der Waals surface area contributed by atoms with Crippen LogP contribution in [0, 0.1) is 0 Å². The van der Waals surface area contributed by atoms with Gasteiger partial charge in [-0.05, 0) is 18.2 Å². The predicted molar refractivity (Wildman–Crippen MR) is 85.9 cm³/mol. The third kappa shape index (κ3) is 2.82. The first kappa shape index (κ1) is 14.2. The van der Waals surface area contributed by atoms with E-state index in [2.05, 4.69) is 20.6 Å². The van der Waals surface area contributed by atoms with Crippen LogP contribution in [-0.4, -0.2) is 36.3 Å². The lowest BCUT2D eigenvalue weighted by Crippen LogP contribution is -2.31. The van der Waals surface area contributed by atoms with Gasteiger partial charge in [-0.3, -0.25) is 9.97 Å².